The third-order valence-corrected chi connectivity index (χ3v) is 9.94. The minimum Gasteiger partial charge on any atom is -0.388 e. The molecule has 7 atom stereocenters. The maximum Gasteiger partial charge on any atom is 0.136 e. The monoisotopic (exact) mass is 522 g/mol. The van der Waals surface area contributed by atoms with Gasteiger partial charge in [-0.25, -0.2) is 4.98 Å². The number of nitrogens with zero attached hydrogens (tertiary/aromatic N) is 2. The smallest absolute Gasteiger partial charge is 0.136 e. The quantitative estimate of drug-likeness (QED) is 0.447. The molecule has 6 rings (SSSR count). The fourth-order valence-electron chi connectivity index (χ4n) is 7.60. The Hall–Kier alpha value is -2.06. The largest absolute Gasteiger partial charge is 0.388 e. The van der Waals surface area contributed by atoms with E-state index in [1.54, 1.807) is 6.20 Å². The van der Waals surface area contributed by atoms with Crippen molar-refractivity contribution in [2.45, 2.75) is 69.0 Å². The van der Waals surface area contributed by atoms with Crippen LogP contribution in [0.2, 0.25) is 5.15 Å². The first kappa shape index (κ1) is 25.2. The minimum absolute atomic E-state index is 0.199. The average Bonchev–Trinajstić information content (AvgIpc) is 3.10. The first-order valence-corrected chi connectivity index (χ1v) is 13.5. The van der Waals surface area contributed by atoms with Crippen molar-refractivity contribution >= 4 is 27.9 Å². The van der Waals surface area contributed by atoms with Crippen molar-refractivity contribution in [3.05, 3.63) is 70.1 Å². The van der Waals surface area contributed by atoms with Gasteiger partial charge in [-0.3, -0.25) is 0 Å². The van der Waals surface area contributed by atoms with Crippen LogP contribution >= 0.6 is 11.6 Å². The highest BCUT2D eigenvalue weighted by Gasteiger charge is 2.53. The van der Waals surface area contributed by atoms with E-state index in [9.17, 15) is 20.4 Å². The summed E-state index contributed by atoms with van der Waals surface area (Å²) in [5.41, 5.74) is 3.30. The number of benzene rings is 1. The standard InChI is InChI=1S/C30H35ClN2O4/c1-29-15-25(34)20-13-23-26(35)27(36)24(33(2)3)14-30(23,37)10-8-19(20)22(29)7-6-21(29)17-4-5-18-16(12-17)9-11-32-28(18)31/h4-6,9,11-13,22,24-27,34-37H,7-8,10,14-15H2,1-3H3/t22?,24-,25?,26+,27+,29+,30+/m0/s1. The Morgan fingerprint density at radius 2 is 1.89 bits per heavy atom. The van der Waals surface area contributed by atoms with Crippen LogP contribution in [0.4, 0.5) is 0 Å². The number of likely N-dealkylation sites (N-methyl/N-ethyl adjacent to an activating group) is 1. The van der Waals surface area contributed by atoms with Crippen LogP contribution < -0.4 is 0 Å². The lowest BCUT2D eigenvalue weighted by Gasteiger charge is -2.46. The van der Waals surface area contributed by atoms with E-state index in [2.05, 4.69) is 30.1 Å². The summed E-state index contributed by atoms with van der Waals surface area (Å²) >= 11 is 6.30. The molecular formula is C30H35ClN2O4. The SMILES string of the molecule is CN(C)[C@H]1C[C@]2(O)CCC3=C(C=C2[C@@H](O)[C@@H]1O)C(O)C[C@]1(C)C(c2ccc4c(Cl)nccc4c2)=CCC31. The molecule has 0 radical (unpaired) electrons. The van der Waals surface area contributed by atoms with Gasteiger partial charge in [0.2, 0.25) is 0 Å². The summed E-state index contributed by atoms with van der Waals surface area (Å²) in [5.74, 6) is 0.199. The van der Waals surface area contributed by atoms with E-state index in [1.165, 1.54) is 11.1 Å². The van der Waals surface area contributed by atoms with Crippen LogP contribution in [-0.4, -0.2) is 74.4 Å². The second-order valence-electron chi connectivity index (χ2n) is 11.9. The first-order chi connectivity index (χ1) is 17.5. The van der Waals surface area contributed by atoms with Gasteiger partial charge in [0, 0.05) is 23.0 Å². The van der Waals surface area contributed by atoms with Crippen LogP contribution in [0.1, 0.15) is 44.6 Å². The number of fused-ring (bicyclic) bond motifs is 4. The fourth-order valence-corrected chi connectivity index (χ4v) is 7.83. The number of pyridine rings is 1. The number of aromatic nitrogens is 1. The van der Waals surface area contributed by atoms with Crippen molar-refractivity contribution in [1.82, 2.24) is 9.88 Å². The molecule has 1 saturated carbocycles. The number of rotatable bonds is 2. The molecule has 2 unspecified atom stereocenters. The summed E-state index contributed by atoms with van der Waals surface area (Å²) in [6.45, 7) is 2.24. The van der Waals surface area contributed by atoms with Crippen molar-refractivity contribution in [2.24, 2.45) is 11.3 Å². The van der Waals surface area contributed by atoms with Crippen LogP contribution in [0.3, 0.4) is 0 Å². The molecule has 1 aromatic carbocycles. The van der Waals surface area contributed by atoms with E-state index in [0.717, 1.165) is 28.3 Å². The Balaban J connectivity index is 1.37. The highest BCUT2D eigenvalue weighted by molar-refractivity contribution is 6.34. The zero-order chi connectivity index (χ0) is 26.3. The average molecular weight is 523 g/mol. The third kappa shape index (κ3) is 3.76. The summed E-state index contributed by atoms with van der Waals surface area (Å²) in [5, 5.41) is 47.6. The molecule has 0 spiro atoms. The Bertz CT molecular complexity index is 1370. The molecule has 0 saturated heterocycles. The van der Waals surface area contributed by atoms with Gasteiger partial charge in [0.15, 0.2) is 0 Å². The van der Waals surface area contributed by atoms with Crippen molar-refractivity contribution < 1.29 is 20.4 Å². The van der Waals surface area contributed by atoms with Gasteiger partial charge in [-0.2, -0.15) is 0 Å². The number of hydrogen-bond donors (Lipinski definition) is 4. The molecule has 1 aromatic heterocycles. The zero-order valence-corrected chi connectivity index (χ0v) is 22.3. The number of allylic oxidation sites excluding steroid dienone is 3. The van der Waals surface area contributed by atoms with E-state index >= 15 is 0 Å². The molecule has 196 valence electrons. The highest BCUT2D eigenvalue weighted by atomic mass is 35.5. The van der Waals surface area contributed by atoms with E-state index < -0.39 is 23.9 Å². The lowest BCUT2D eigenvalue weighted by Crippen LogP contribution is -2.58. The maximum absolute atomic E-state index is 11.8. The molecule has 7 heteroatoms. The molecule has 6 nitrogen and oxygen atoms in total. The Kier molecular flexibility index (Phi) is 5.95. The maximum atomic E-state index is 11.8. The number of halogens is 1. The van der Waals surface area contributed by atoms with Crippen LogP contribution in [-0.2, 0) is 0 Å². The summed E-state index contributed by atoms with van der Waals surface area (Å²) in [7, 11) is 3.72. The molecule has 4 aliphatic carbocycles. The molecule has 0 amide bonds. The van der Waals surface area contributed by atoms with E-state index in [0.29, 0.717) is 36.4 Å². The van der Waals surface area contributed by atoms with Gasteiger partial charge in [-0.1, -0.05) is 48.4 Å². The molecule has 2 aromatic rings. The van der Waals surface area contributed by atoms with Crippen LogP contribution in [0, 0.1) is 11.3 Å². The predicted octanol–water partition coefficient (Wildman–Crippen LogP) is 3.87. The molecule has 1 fully saturated rings. The Morgan fingerprint density at radius 1 is 1.11 bits per heavy atom. The van der Waals surface area contributed by atoms with Crippen molar-refractivity contribution in [2.75, 3.05) is 14.1 Å². The second-order valence-corrected chi connectivity index (χ2v) is 12.2. The molecule has 1 heterocycles. The molecule has 0 aliphatic heterocycles. The summed E-state index contributed by atoms with van der Waals surface area (Å²) < 4.78 is 0. The molecule has 4 aliphatic rings. The van der Waals surface area contributed by atoms with Gasteiger partial charge in [0.05, 0.1) is 17.8 Å². The summed E-state index contributed by atoms with van der Waals surface area (Å²) in [6, 6.07) is 7.89. The Morgan fingerprint density at radius 3 is 2.65 bits per heavy atom. The third-order valence-electron chi connectivity index (χ3n) is 9.64. The van der Waals surface area contributed by atoms with Gasteiger partial charge in [-0.15, -0.1) is 0 Å². The van der Waals surface area contributed by atoms with Crippen LogP contribution in [0.15, 0.2) is 59.3 Å². The lowest BCUT2D eigenvalue weighted by atomic mass is 9.61. The van der Waals surface area contributed by atoms with Gasteiger partial charge >= 0.3 is 0 Å². The van der Waals surface area contributed by atoms with Gasteiger partial charge in [0.25, 0.3) is 0 Å². The summed E-state index contributed by atoms with van der Waals surface area (Å²) in [6.07, 6.45) is 5.82. The predicted molar refractivity (Wildman–Crippen MR) is 145 cm³/mol. The summed E-state index contributed by atoms with van der Waals surface area (Å²) in [4.78, 5) is 6.06. The van der Waals surface area contributed by atoms with Gasteiger partial charge in [-0.05, 0) is 91.9 Å². The number of aliphatic hydroxyl groups is 4. The van der Waals surface area contributed by atoms with Gasteiger partial charge < -0.3 is 25.3 Å². The number of hydrogen-bond acceptors (Lipinski definition) is 6. The van der Waals surface area contributed by atoms with E-state index in [1.807, 2.05) is 37.2 Å². The molecule has 4 N–H and O–H groups in total. The minimum atomic E-state index is -1.22. The second kappa shape index (κ2) is 8.73. The van der Waals surface area contributed by atoms with E-state index in [4.69, 9.17) is 11.6 Å². The fraction of sp³-hybridized carbons (Fsp3) is 0.500. The van der Waals surface area contributed by atoms with Crippen molar-refractivity contribution in [3.8, 4) is 0 Å². The molecular weight excluding hydrogens is 488 g/mol. The molecule has 0 bridgehead atoms. The van der Waals surface area contributed by atoms with E-state index in [-0.39, 0.29) is 17.4 Å². The molecule has 37 heavy (non-hydrogen) atoms. The Labute approximate surface area is 222 Å². The van der Waals surface area contributed by atoms with Gasteiger partial charge in [0.1, 0.15) is 11.3 Å². The zero-order valence-electron chi connectivity index (χ0n) is 21.5. The number of aliphatic hydroxyl groups excluding tert-OH is 3. The topological polar surface area (TPSA) is 97.1 Å². The first-order valence-electron chi connectivity index (χ1n) is 13.2. The highest BCUT2D eigenvalue weighted by Crippen LogP contribution is 2.60. The lowest BCUT2D eigenvalue weighted by molar-refractivity contribution is -0.0922. The van der Waals surface area contributed by atoms with Crippen molar-refractivity contribution in [3.63, 3.8) is 0 Å². The normalized spacial score (nSPS) is 37.6. The van der Waals surface area contributed by atoms with Crippen LogP contribution in [0.5, 0.6) is 0 Å². The van der Waals surface area contributed by atoms with Crippen LogP contribution in [0.25, 0.3) is 16.3 Å². The van der Waals surface area contributed by atoms with Crippen molar-refractivity contribution in [1.29, 1.82) is 0 Å².